The molecule has 0 heterocycles. The monoisotopic (exact) mass is 409 g/mol. The van der Waals surface area contributed by atoms with Crippen molar-refractivity contribution in [2.75, 3.05) is 13.2 Å². The Morgan fingerprint density at radius 1 is 1.23 bits per heavy atom. The third kappa shape index (κ3) is 3.16. The van der Waals surface area contributed by atoms with E-state index in [1.165, 1.54) is 0 Å². The zero-order chi connectivity index (χ0) is 18.9. The van der Waals surface area contributed by atoms with Crippen molar-refractivity contribution in [3.05, 3.63) is 65.2 Å². The molecule has 3 rings (SSSR count). The zero-order valence-electron chi connectivity index (χ0n) is 14.3. The summed E-state index contributed by atoms with van der Waals surface area (Å²) in [5.41, 5.74) is 5.92. The number of ether oxygens (including phenoxy) is 1. The van der Waals surface area contributed by atoms with Crippen LogP contribution in [0.1, 0.15) is 18.4 Å². The van der Waals surface area contributed by atoms with E-state index in [1.807, 2.05) is 13.0 Å². The number of thiocarbonyl (C=S) groups is 1. The molecule has 2 aromatic rings. The van der Waals surface area contributed by atoms with Crippen molar-refractivity contribution in [2.45, 2.75) is 23.0 Å². The van der Waals surface area contributed by atoms with Gasteiger partial charge in [-0.1, -0.05) is 54.2 Å². The maximum Gasteiger partial charge on any atom is 0.182 e. The van der Waals surface area contributed by atoms with Crippen molar-refractivity contribution in [1.82, 2.24) is 0 Å². The highest BCUT2D eigenvalue weighted by atomic mass is 35.5. The Hall–Kier alpha value is -1.47. The number of rotatable bonds is 7. The lowest BCUT2D eigenvalue weighted by Crippen LogP contribution is -2.33. The average Bonchev–Trinajstić information content (AvgIpc) is 3.32. The van der Waals surface area contributed by atoms with Crippen LogP contribution in [0.2, 0.25) is 5.02 Å². The van der Waals surface area contributed by atoms with E-state index in [4.69, 9.17) is 34.3 Å². The summed E-state index contributed by atoms with van der Waals surface area (Å²) in [5, 5.41) is -0.238. The first kappa shape index (κ1) is 19.3. The highest BCUT2D eigenvalue weighted by Crippen LogP contribution is 2.64. The summed E-state index contributed by atoms with van der Waals surface area (Å²) in [6, 6.07) is 15.5. The molecule has 0 aromatic heterocycles. The number of hydrogen-bond acceptors (Lipinski definition) is 4. The number of nitrogens with two attached hydrogens (primary N) is 1. The standard InChI is InChI=1S/C19H20ClNO3S2/c1-2-24-12-19(18(21)25)16(13-7-6-8-14(20)11-13)17(19)26(22,23)15-9-4-3-5-10-15/h3-11,16-17H,2,12H2,1H3,(H2,21,25)/t16-,17-,19-/m0/s1. The summed E-state index contributed by atoms with van der Waals surface area (Å²) < 4.78 is 32.3. The third-order valence-electron chi connectivity index (χ3n) is 4.87. The van der Waals surface area contributed by atoms with Crippen molar-refractivity contribution in [2.24, 2.45) is 11.1 Å². The van der Waals surface area contributed by atoms with E-state index in [2.05, 4.69) is 0 Å². The van der Waals surface area contributed by atoms with Crippen molar-refractivity contribution in [1.29, 1.82) is 0 Å². The van der Waals surface area contributed by atoms with Crippen molar-refractivity contribution >= 4 is 38.6 Å². The minimum atomic E-state index is -3.65. The van der Waals surface area contributed by atoms with Crippen LogP contribution in [0.25, 0.3) is 0 Å². The van der Waals surface area contributed by atoms with Gasteiger partial charge in [-0.25, -0.2) is 8.42 Å². The molecule has 0 saturated heterocycles. The molecule has 1 aliphatic rings. The second-order valence-electron chi connectivity index (χ2n) is 6.35. The number of halogens is 1. The fraction of sp³-hybridized carbons (Fsp3) is 0.316. The molecule has 0 amide bonds. The summed E-state index contributed by atoms with van der Waals surface area (Å²) in [7, 11) is -3.65. The summed E-state index contributed by atoms with van der Waals surface area (Å²) in [6.07, 6.45) is 0. The van der Waals surface area contributed by atoms with Gasteiger partial charge in [-0.2, -0.15) is 0 Å². The van der Waals surface area contributed by atoms with Crippen LogP contribution in [0.4, 0.5) is 0 Å². The van der Waals surface area contributed by atoms with E-state index >= 15 is 0 Å². The van der Waals surface area contributed by atoms with Crippen LogP contribution in [0.5, 0.6) is 0 Å². The fourth-order valence-electron chi connectivity index (χ4n) is 3.60. The van der Waals surface area contributed by atoms with Gasteiger partial charge >= 0.3 is 0 Å². The van der Waals surface area contributed by atoms with E-state index in [-0.39, 0.29) is 16.5 Å². The van der Waals surface area contributed by atoms with Gasteiger partial charge in [0.2, 0.25) is 0 Å². The van der Waals surface area contributed by atoms with Gasteiger partial charge in [-0.15, -0.1) is 0 Å². The molecule has 1 fully saturated rings. The van der Waals surface area contributed by atoms with Crippen molar-refractivity contribution in [3.63, 3.8) is 0 Å². The SMILES string of the molecule is CCOC[C@]1(C(N)=S)[C@@H](c2cccc(Cl)c2)[C@@H]1S(=O)(=O)c1ccccc1. The Morgan fingerprint density at radius 2 is 1.92 bits per heavy atom. The summed E-state index contributed by atoms with van der Waals surface area (Å²) in [5.74, 6) is -0.393. The molecule has 2 aromatic carbocycles. The van der Waals surface area contributed by atoms with Crippen LogP contribution in [-0.2, 0) is 14.6 Å². The third-order valence-corrected chi connectivity index (χ3v) is 7.78. The molecule has 26 heavy (non-hydrogen) atoms. The molecule has 0 spiro atoms. The summed E-state index contributed by atoms with van der Waals surface area (Å²) >= 11 is 11.4. The zero-order valence-corrected chi connectivity index (χ0v) is 16.7. The Morgan fingerprint density at radius 3 is 2.50 bits per heavy atom. The number of benzene rings is 2. The number of hydrogen-bond donors (Lipinski definition) is 1. The molecule has 7 heteroatoms. The molecule has 0 aliphatic heterocycles. The van der Waals surface area contributed by atoms with Crippen molar-refractivity contribution < 1.29 is 13.2 Å². The lowest BCUT2D eigenvalue weighted by molar-refractivity contribution is 0.121. The Bertz CT molecular complexity index is 917. The van der Waals surface area contributed by atoms with Gasteiger partial charge in [0.25, 0.3) is 0 Å². The molecule has 0 radical (unpaired) electrons. The van der Waals surface area contributed by atoms with Gasteiger partial charge in [0.15, 0.2) is 9.84 Å². The number of sulfone groups is 1. The maximum atomic E-state index is 13.3. The minimum absolute atomic E-state index is 0.153. The maximum absolute atomic E-state index is 13.3. The van der Waals surface area contributed by atoms with E-state index < -0.39 is 26.4 Å². The second kappa shape index (κ2) is 7.27. The van der Waals surface area contributed by atoms with E-state index in [9.17, 15) is 8.42 Å². The van der Waals surface area contributed by atoms with Crippen LogP contribution in [-0.4, -0.2) is 31.9 Å². The lowest BCUT2D eigenvalue weighted by Gasteiger charge is -2.17. The second-order valence-corrected chi connectivity index (χ2v) is 9.30. The Labute approximate surface area is 164 Å². The molecular weight excluding hydrogens is 390 g/mol. The Balaban J connectivity index is 2.12. The first-order valence-electron chi connectivity index (χ1n) is 8.27. The molecule has 4 nitrogen and oxygen atoms in total. The van der Waals surface area contributed by atoms with E-state index in [0.29, 0.717) is 11.6 Å². The van der Waals surface area contributed by atoms with Gasteiger partial charge in [0, 0.05) is 17.5 Å². The molecule has 1 saturated carbocycles. The van der Waals surface area contributed by atoms with Crippen LogP contribution in [0.15, 0.2) is 59.5 Å². The normalized spacial score (nSPS) is 25.0. The van der Waals surface area contributed by atoms with Gasteiger partial charge < -0.3 is 10.5 Å². The predicted molar refractivity (Wildman–Crippen MR) is 107 cm³/mol. The van der Waals surface area contributed by atoms with Crippen LogP contribution >= 0.6 is 23.8 Å². The average molecular weight is 410 g/mol. The first-order valence-corrected chi connectivity index (χ1v) is 10.6. The molecule has 3 atom stereocenters. The predicted octanol–water partition coefficient (Wildman–Crippen LogP) is 3.59. The molecule has 138 valence electrons. The lowest BCUT2D eigenvalue weighted by atomic mass is 10.00. The highest BCUT2D eigenvalue weighted by Gasteiger charge is 2.73. The molecule has 2 N–H and O–H groups in total. The molecule has 0 unspecified atom stereocenters. The highest BCUT2D eigenvalue weighted by molar-refractivity contribution is 7.92. The van der Waals surface area contributed by atoms with Crippen molar-refractivity contribution in [3.8, 4) is 0 Å². The molecule has 1 aliphatic carbocycles. The largest absolute Gasteiger partial charge is 0.393 e. The van der Waals surface area contributed by atoms with Gasteiger partial charge in [0.1, 0.15) is 0 Å². The quantitative estimate of drug-likeness (QED) is 0.707. The van der Waals surface area contributed by atoms with E-state index in [1.54, 1.807) is 48.5 Å². The Kier molecular flexibility index (Phi) is 5.40. The van der Waals surface area contributed by atoms with E-state index in [0.717, 1.165) is 5.56 Å². The first-order chi connectivity index (χ1) is 12.4. The van der Waals surface area contributed by atoms with Crippen LogP contribution in [0, 0.1) is 5.41 Å². The molecule has 0 bridgehead atoms. The van der Waals surface area contributed by atoms with Crippen LogP contribution in [0.3, 0.4) is 0 Å². The van der Waals surface area contributed by atoms with Gasteiger partial charge in [-0.05, 0) is 36.8 Å². The molecular formula is C19H20ClNO3S2. The summed E-state index contributed by atoms with van der Waals surface area (Å²) in [4.78, 5) is 0.409. The van der Waals surface area contributed by atoms with Gasteiger partial charge in [-0.3, -0.25) is 0 Å². The topological polar surface area (TPSA) is 69.4 Å². The minimum Gasteiger partial charge on any atom is -0.393 e. The van der Waals surface area contributed by atoms with Crippen LogP contribution < -0.4 is 5.73 Å². The summed E-state index contributed by atoms with van der Waals surface area (Å²) in [6.45, 7) is 2.46. The smallest absolute Gasteiger partial charge is 0.182 e. The van der Waals surface area contributed by atoms with Gasteiger partial charge in [0.05, 0.1) is 27.2 Å². The fourth-order valence-corrected chi connectivity index (χ4v) is 6.59.